The van der Waals surface area contributed by atoms with Crippen molar-refractivity contribution in [3.8, 4) is 0 Å². The van der Waals surface area contributed by atoms with Gasteiger partial charge in [-0.05, 0) is 22.3 Å². The van der Waals surface area contributed by atoms with E-state index in [0.717, 1.165) is 0 Å². The topological polar surface area (TPSA) is 0 Å². The summed E-state index contributed by atoms with van der Waals surface area (Å²) >= 11 is 0. The van der Waals surface area contributed by atoms with Crippen LogP contribution in [0.15, 0.2) is 84.9 Å². The predicted octanol–water partition coefficient (Wildman–Crippen LogP) is 13.2. The molecule has 0 aromatic heterocycles. The van der Waals surface area contributed by atoms with Crippen molar-refractivity contribution in [1.82, 2.24) is 0 Å². The number of unbranched alkanes of at least 4 members (excludes halogenated alkanes) is 2. The molecule has 0 saturated heterocycles. The largest absolute Gasteiger partial charge is 0.346 e. The second-order valence-electron chi connectivity index (χ2n) is 6.51. The van der Waals surface area contributed by atoms with Crippen molar-refractivity contribution in [2.75, 3.05) is 0 Å². The molecule has 38 heavy (non-hydrogen) atoms. The molecule has 0 bridgehead atoms. The minimum atomic E-state index is 0. The van der Waals surface area contributed by atoms with Gasteiger partial charge < -0.3 is 13.8 Å². The van der Waals surface area contributed by atoms with Crippen molar-refractivity contribution in [2.24, 2.45) is 0 Å². The first-order chi connectivity index (χ1) is 17.3. The molecule has 0 aliphatic heterocycles. The van der Waals surface area contributed by atoms with E-state index in [-0.39, 0.29) is 47.6 Å². The monoisotopic (exact) mass is 593 g/mol. The van der Waals surface area contributed by atoms with E-state index < -0.39 is 0 Å². The van der Waals surface area contributed by atoms with Crippen LogP contribution in [0.5, 0.6) is 0 Å². The van der Waals surface area contributed by atoms with Gasteiger partial charge in [-0.15, -0.1) is 0 Å². The molecule has 0 saturated carbocycles. The number of benzene rings is 3. The molecule has 3 rings (SSSR count). The van der Waals surface area contributed by atoms with Gasteiger partial charge in [0.15, 0.2) is 0 Å². The van der Waals surface area contributed by atoms with Crippen LogP contribution in [0.3, 0.4) is 0 Å². The molecule has 0 unspecified atom stereocenters. The van der Waals surface area contributed by atoms with Crippen molar-refractivity contribution in [2.45, 2.75) is 89.5 Å². The van der Waals surface area contributed by atoms with Crippen LogP contribution in [0.4, 0.5) is 0 Å². The van der Waals surface area contributed by atoms with E-state index in [4.69, 9.17) is 0 Å². The fraction of sp³-hybridized carbons (Fsp3) is 0.351. The second-order valence-corrected chi connectivity index (χ2v) is 6.51. The third-order valence-electron chi connectivity index (χ3n) is 4.18. The van der Waals surface area contributed by atoms with Gasteiger partial charge in [0.1, 0.15) is 0 Å². The van der Waals surface area contributed by atoms with Crippen LogP contribution >= 0.6 is 0 Å². The smallest absolute Gasteiger partial charge is 0 e. The van der Waals surface area contributed by atoms with Gasteiger partial charge in [-0.3, -0.25) is 0 Å². The van der Waals surface area contributed by atoms with Gasteiger partial charge in [0.25, 0.3) is 0 Å². The molecule has 3 aromatic carbocycles. The minimum absolute atomic E-state index is 0. The number of hydrogen-bond acceptors (Lipinski definition) is 0. The summed E-state index contributed by atoms with van der Waals surface area (Å²) in [5, 5.41) is 0. The van der Waals surface area contributed by atoms with Crippen molar-refractivity contribution < 1.29 is 32.7 Å². The predicted molar refractivity (Wildman–Crippen MR) is 181 cm³/mol. The molecule has 0 N–H and O–H groups in total. The molecule has 1 heteroatoms. The fourth-order valence-corrected chi connectivity index (χ4v) is 2.58. The van der Waals surface area contributed by atoms with Gasteiger partial charge in [-0.25, -0.2) is 0 Å². The maximum Gasteiger partial charge on any atom is 0 e. The van der Waals surface area contributed by atoms with Crippen molar-refractivity contribution in [3.05, 3.63) is 121 Å². The van der Waals surface area contributed by atoms with Crippen LogP contribution in [0.2, 0.25) is 0 Å². The Kier molecular flexibility index (Phi) is 54.8. The second kappa shape index (κ2) is 42.3. The zero-order valence-corrected chi connectivity index (χ0v) is 27.3. The molecular formula is C37H60Y-2. The molecule has 0 amide bonds. The quantitative estimate of drug-likeness (QED) is 0.197. The summed E-state index contributed by atoms with van der Waals surface area (Å²) in [7, 11) is 0. The summed E-state index contributed by atoms with van der Waals surface area (Å²) in [5.41, 5.74) is 4.85. The Balaban J connectivity index is -0.000000139. The SMILES string of the molecule is C.C.C(=Cc1ccc(C=Cc2ccccc2)cc1)c1ccccc1.CC.CC.CCCCC.[CH2-]C.[CH2-]C.[Y]. The van der Waals surface area contributed by atoms with E-state index in [9.17, 15) is 0 Å². The Bertz CT molecular complexity index is 730. The average Bonchev–Trinajstić information content (AvgIpc) is 2.97. The summed E-state index contributed by atoms with van der Waals surface area (Å²) in [4.78, 5) is 0. The molecule has 0 atom stereocenters. The van der Waals surface area contributed by atoms with E-state index in [2.05, 4.69) is 125 Å². The van der Waals surface area contributed by atoms with Gasteiger partial charge in [0.2, 0.25) is 0 Å². The average molecular weight is 594 g/mol. The summed E-state index contributed by atoms with van der Waals surface area (Å²) in [6, 6.07) is 29.3. The molecule has 213 valence electrons. The van der Waals surface area contributed by atoms with Crippen LogP contribution < -0.4 is 0 Å². The normalized spacial score (nSPS) is 8.26. The van der Waals surface area contributed by atoms with Crippen molar-refractivity contribution >= 4 is 24.3 Å². The molecule has 0 aliphatic carbocycles. The Morgan fingerprint density at radius 1 is 0.447 bits per heavy atom. The summed E-state index contributed by atoms with van der Waals surface area (Å²) < 4.78 is 0. The molecular weight excluding hydrogens is 533 g/mol. The zero-order valence-electron chi connectivity index (χ0n) is 24.5. The molecule has 3 aromatic rings. The van der Waals surface area contributed by atoms with Crippen LogP contribution in [0.25, 0.3) is 24.3 Å². The molecule has 0 heterocycles. The van der Waals surface area contributed by atoms with Crippen LogP contribution in [0.1, 0.15) is 112 Å². The van der Waals surface area contributed by atoms with Gasteiger partial charge in [-0.2, -0.15) is 13.8 Å². The molecule has 0 fully saturated rings. The first kappa shape index (κ1) is 49.2. The molecule has 1 radical (unpaired) electrons. The molecule has 0 nitrogen and oxygen atoms in total. The standard InChI is InChI=1S/C22H18.C5H12.2C2H6.2C2H5.2CH4.Y/c1-3-7-19(8-4-1)11-13-21-15-17-22(18-16-21)14-12-20-9-5-2-6-10-20;1-3-5-4-2;4*1-2;;;/h1-18H;3-5H2,1-2H3;2*1-2H3;2*1H2,2H3;2*1H4;/q;;;;2*-1;;;. The van der Waals surface area contributed by atoms with Crippen molar-refractivity contribution in [1.29, 1.82) is 0 Å². The molecule has 0 spiro atoms. The maximum atomic E-state index is 3.25. The number of rotatable bonds is 6. The molecule has 0 aliphatic rings. The van der Waals surface area contributed by atoms with Crippen LogP contribution in [-0.4, -0.2) is 0 Å². The van der Waals surface area contributed by atoms with Gasteiger partial charge in [0, 0.05) is 32.7 Å². The van der Waals surface area contributed by atoms with E-state index in [1.165, 1.54) is 41.5 Å². The minimum Gasteiger partial charge on any atom is -0.346 e. The summed E-state index contributed by atoms with van der Waals surface area (Å²) in [6.07, 6.45) is 12.6. The Hall–Kier alpha value is -1.76. The summed E-state index contributed by atoms with van der Waals surface area (Å²) in [6.45, 7) is 22.4. The Morgan fingerprint density at radius 3 is 0.842 bits per heavy atom. The van der Waals surface area contributed by atoms with E-state index in [1.807, 2.05) is 39.8 Å². The maximum absolute atomic E-state index is 3.25. The third kappa shape index (κ3) is 28.8. The van der Waals surface area contributed by atoms with Crippen molar-refractivity contribution in [3.63, 3.8) is 0 Å². The van der Waals surface area contributed by atoms with Gasteiger partial charge in [-0.1, -0.05) is 185 Å². The summed E-state index contributed by atoms with van der Waals surface area (Å²) in [5.74, 6) is 0. The van der Waals surface area contributed by atoms with E-state index >= 15 is 0 Å². The van der Waals surface area contributed by atoms with Crippen LogP contribution in [-0.2, 0) is 32.7 Å². The third-order valence-corrected chi connectivity index (χ3v) is 4.18. The van der Waals surface area contributed by atoms with E-state index in [0.29, 0.717) is 0 Å². The first-order valence-electron chi connectivity index (χ1n) is 13.3. The van der Waals surface area contributed by atoms with Gasteiger partial charge in [0.05, 0.1) is 0 Å². The first-order valence-corrected chi connectivity index (χ1v) is 13.3. The van der Waals surface area contributed by atoms with Gasteiger partial charge >= 0.3 is 0 Å². The van der Waals surface area contributed by atoms with Crippen LogP contribution in [0, 0.1) is 13.8 Å². The Labute approximate surface area is 266 Å². The fourth-order valence-electron chi connectivity index (χ4n) is 2.58. The number of hydrogen-bond donors (Lipinski definition) is 0. The zero-order chi connectivity index (χ0) is 27.2. The van der Waals surface area contributed by atoms with E-state index in [1.54, 1.807) is 13.8 Å². The Morgan fingerprint density at radius 2 is 0.658 bits per heavy atom.